The minimum Gasteiger partial charge on any atom is -0.368 e. The van der Waals surface area contributed by atoms with E-state index in [-0.39, 0.29) is 11.6 Å². The van der Waals surface area contributed by atoms with Crippen LogP contribution >= 0.6 is 0 Å². The van der Waals surface area contributed by atoms with Crippen molar-refractivity contribution in [1.82, 2.24) is 14.8 Å². The Morgan fingerprint density at radius 2 is 2.07 bits per heavy atom. The van der Waals surface area contributed by atoms with Gasteiger partial charge in [0, 0.05) is 6.07 Å². The zero-order valence-corrected chi connectivity index (χ0v) is 7.91. The van der Waals surface area contributed by atoms with Crippen molar-refractivity contribution < 1.29 is 8.78 Å². The summed E-state index contributed by atoms with van der Waals surface area (Å²) in [7, 11) is 0. The van der Waals surface area contributed by atoms with Gasteiger partial charge in [-0.3, -0.25) is 0 Å². The molecule has 2 aromatic rings. The third-order valence-electron chi connectivity index (χ3n) is 1.88. The Morgan fingerprint density at radius 1 is 1.33 bits per heavy atom. The van der Waals surface area contributed by atoms with E-state index in [9.17, 15) is 8.78 Å². The fraction of sp³-hybridized carbons (Fsp3) is 0.111. The number of nitrogen functional groups attached to an aromatic ring is 1. The zero-order valence-electron chi connectivity index (χ0n) is 7.91. The molecule has 15 heavy (non-hydrogen) atoms. The van der Waals surface area contributed by atoms with E-state index in [1.807, 2.05) is 0 Å². The molecule has 0 bridgehead atoms. The van der Waals surface area contributed by atoms with Crippen molar-refractivity contribution in [3.05, 3.63) is 35.7 Å². The number of benzene rings is 1. The molecule has 0 radical (unpaired) electrons. The number of aryl methyl sites for hydroxylation is 1. The Kier molecular flexibility index (Phi) is 2.11. The van der Waals surface area contributed by atoms with Gasteiger partial charge in [-0.1, -0.05) is 0 Å². The van der Waals surface area contributed by atoms with Crippen molar-refractivity contribution in [3.8, 4) is 5.69 Å². The summed E-state index contributed by atoms with van der Waals surface area (Å²) in [6, 6.07) is 3.16. The summed E-state index contributed by atoms with van der Waals surface area (Å²) >= 11 is 0. The van der Waals surface area contributed by atoms with E-state index >= 15 is 0 Å². The lowest BCUT2D eigenvalue weighted by atomic mass is 10.3. The van der Waals surface area contributed by atoms with E-state index in [2.05, 4.69) is 10.1 Å². The molecule has 2 rings (SSSR count). The molecular weight excluding hydrogens is 202 g/mol. The summed E-state index contributed by atoms with van der Waals surface area (Å²) < 4.78 is 27.1. The topological polar surface area (TPSA) is 56.7 Å². The average molecular weight is 210 g/mol. The number of hydrogen-bond acceptors (Lipinski definition) is 3. The number of hydrogen-bond donors (Lipinski definition) is 1. The maximum absolute atomic E-state index is 13.3. The Labute approximate surface area is 84.4 Å². The van der Waals surface area contributed by atoms with E-state index in [4.69, 9.17) is 5.73 Å². The summed E-state index contributed by atoms with van der Waals surface area (Å²) in [6.07, 6.45) is 0. The van der Waals surface area contributed by atoms with Gasteiger partial charge >= 0.3 is 0 Å². The molecule has 0 aliphatic carbocycles. The van der Waals surface area contributed by atoms with Gasteiger partial charge in [0.2, 0.25) is 5.95 Å². The molecule has 0 fully saturated rings. The summed E-state index contributed by atoms with van der Waals surface area (Å²) in [5, 5.41) is 3.89. The largest absolute Gasteiger partial charge is 0.368 e. The van der Waals surface area contributed by atoms with Crippen LogP contribution in [0.3, 0.4) is 0 Å². The third-order valence-corrected chi connectivity index (χ3v) is 1.88. The van der Waals surface area contributed by atoms with Gasteiger partial charge in [0.15, 0.2) is 5.82 Å². The number of nitrogens with two attached hydrogens (primary N) is 1. The van der Waals surface area contributed by atoms with Gasteiger partial charge < -0.3 is 5.73 Å². The van der Waals surface area contributed by atoms with Crippen LogP contribution < -0.4 is 5.73 Å². The Bertz CT molecular complexity index is 507. The standard InChI is InChI=1S/C9H8F2N4/c1-5-13-9(12)15(14-5)8-3-2-6(10)4-7(8)11/h2-4H,1H3,(H2,12,13,14). The third kappa shape index (κ3) is 1.65. The summed E-state index contributed by atoms with van der Waals surface area (Å²) in [4.78, 5) is 3.82. The lowest BCUT2D eigenvalue weighted by Crippen LogP contribution is -2.04. The van der Waals surface area contributed by atoms with Gasteiger partial charge in [0.1, 0.15) is 17.3 Å². The van der Waals surface area contributed by atoms with Crippen molar-refractivity contribution in [3.63, 3.8) is 0 Å². The molecule has 0 spiro atoms. The zero-order chi connectivity index (χ0) is 11.0. The number of rotatable bonds is 1. The monoisotopic (exact) mass is 210 g/mol. The van der Waals surface area contributed by atoms with Gasteiger partial charge in [-0.2, -0.15) is 9.67 Å². The van der Waals surface area contributed by atoms with Gasteiger partial charge in [-0.05, 0) is 19.1 Å². The number of anilines is 1. The molecule has 1 heterocycles. The van der Waals surface area contributed by atoms with Crippen molar-refractivity contribution in [1.29, 1.82) is 0 Å². The van der Waals surface area contributed by atoms with Crippen molar-refractivity contribution in [2.75, 3.05) is 5.73 Å². The Morgan fingerprint density at radius 3 is 2.60 bits per heavy atom. The van der Waals surface area contributed by atoms with E-state index in [1.54, 1.807) is 6.92 Å². The summed E-state index contributed by atoms with van der Waals surface area (Å²) in [5.74, 6) is -0.882. The molecule has 6 heteroatoms. The number of nitrogens with zero attached hydrogens (tertiary/aromatic N) is 3. The van der Waals surface area contributed by atoms with Crippen molar-refractivity contribution >= 4 is 5.95 Å². The fourth-order valence-corrected chi connectivity index (χ4v) is 1.26. The van der Waals surface area contributed by atoms with Crippen LogP contribution in [0.5, 0.6) is 0 Å². The lowest BCUT2D eigenvalue weighted by molar-refractivity contribution is 0.574. The van der Waals surface area contributed by atoms with Crippen LogP contribution in [0.4, 0.5) is 14.7 Å². The average Bonchev–Trinajstić information content (AvgIpc) is 2.45. The summed E-state index contributed by atoms with van der Waals surface area (Å²) in [5.41, 5.74) is 5.59. The van der Waals surface area contributed by atoms with Crippen molar-refractivity contribution in [2.24, 2.45) is 0 Å². The Hall–Kier alpha value is -1.98. The Balaban J connectivity index is 2.59. The van der Waals surface area contributed by atoms with Crippen LogP contribution in [0, 0.1) is 18.6 Å². The highest BCUT2D eigenvalue weighted by Crippen LogP contribution is 2.16. The molecular formula is C9H8F2N4. The minimum absolute atomic E-state index is 0.0676. The first-order valence-corrected chi connectivity index (χ1v) is 4.22. The minimum atomic E-state index is -0.730. The molecule has 78 valence electrons. The highest BCUT2D eigenvalue weighted by molar-refractivity contribution is 5.38. The second-order valence-electron chi connectivity index (χ2n) is 3.02. The maximum Gasteiger partial charge on any atom is 0.223 e. The first kappa shape index (κ1) is 9.57. The van der Waals surface area contributed by atoms with Crippen molar-refractivity contribution in [2.45, 2.75) is 6.92 Å². The molecule has 1 aromatic heterocycles. The van der Waals surface area contributed by atoms with E-state index in [0.717, 1.165) is 16.8 Å². The smallest absolute Gasteiger partial charge is 0.223 e. The number of halogens is 2. The highest BCUT2D eigenvalue weighted by Gasteiger charge is 2.11. The van der Waals surface area contributed by atoms with E-state index in [0.29, 0.717) is 5.82 Å². The molecule has 0 aliphatic heterocycles. The molecule has 2 N–H and O–H groups in total. The van der Waals surface area contributed by atoms with Crippen LogP contribution in [0.1, 0.15) is 5.82 Å². The van der Waals surface area contributed by atoms with Crippen LogP contribution in [0.25, 0.3) is 5.69 Å². The van der Waals surface area contributed by atoms with E-state index < -0.39 is 11.6 Å². The van der Waals surface area contributed by atoms with Gasteiger partial charge in [0.05, 0.1) is 0 Å². The van der Waals surface area contributed by atoms with E-state index in [1.165, 1.54) is 6.07 Å². The molecule has 4 nitrogen and oxygen atoms in total. The second-order valence-corrected chi connectivity index (χ2v) is 3.02. The predicted octanol–water partition coefficient (Wildman–Crippen LogP) is 1.44. The molecule has 0 amide bonds. The normalized spacial score (nSPS) is 10.6. The number of aromatic nitrogens is 3. The fourth-order valence-electron chi connectivity index (χ4n) is 1.26. The van der Waals surface area contributed by atoms with Gasteiger partial charge in [-0.15, -0.1) is 5.10 Å². The quantitative estimate of drug-likeness (QED) is 0.774. The summed E-state index contributed by atoms with van der Waals surface area (Å²) in [6.45, 7) is 1.63. The molecule has 0 saturated heterocycles. The molecule has 0 atom stereocenters. The molecule has 0 unspecified atom stereocenters. The predicted molar refractivity (Wildman–Crippen MR) is 50.4 cm³/mol. The first-order valence-electron chi connectivity index (χ1n) is 4.22. The molecule has 1 aromatic carbocycles. The van der Waals surface area contributed by atoms with Crippen LogP contribution in [-0.4, -0.2) is 14.8 Å². The SMILES string of the molecule is Cc1nc(N)n(-c2ccc(F)cc2F)n1. The molecule has 0 aliphatic rings. The van der Waals surface area contributed by atoms with Crippen LogP contribution in [-0.2, 0) is 0 Å². The second kappa shape index (κ2) is 3.30. The molecule has 0 saturated carbocycles. The lowest BCUT2D eigenvalue weighted by Gasteiger charge is -2.03. The van der Waals surface area contributed by atoms with Crippen LogP contribution in [0.15, 0.2) is 18.2 Å². The van der Waals surface area contributed by atoms with Gasteiger partial charge in [0.25, 0.3) is 0 Å². The highest BCUT2D eigenvalue weighted by atomic mass is 19.1. The first-order chi connectivity index (χ1) is 7.08. The van der Waals surface area contributed by atoms with Crippen LogP contribution in [0.2, 0.25) is 0 Å². The van der Waals surface area contributed by atoms with Gasteiger partial charge in [-0.25, -0.2) is 8.78 Å². The maximum atomic E-state index is 13.3.